The zero-order valence-corrected chi connectivity index (χ0v) is 17.8. The summed E-state index contributed by atoms with van der Waals surface area (Å²) in [5.41, 5.74) is 6.58. The van der Waals surface area contributed by atoms with Crippen molar-refractivity contribution in [2.45, 2.75) is 63.6 Å². The van der Waals surface area contributed by atoms with Crippen molar-refractivity contribution in [2.24, 2.45) is 0 Å². The van der Waals surface area contributed by atoms with Gasteiger partial charge in [-0.1, -0.05) is 18.0 Å². The third-order valence-electron chi connectivity index (χ3n) is 5.90. The number of amides is 1. The fourth-order valence-corrected chi connectivity index (χ4v) is 4.76. The molecule has 1 amide bonds. The minimum absolute atomic E-state index is 0.0812. The van der Waals surface area contributed by atoms with Crippen LogP contribution in [0.2, 0.25) is 5.02 Å². The van der Waals surface area contributed by atoms with Crippen LogP contribution in [0.5, 0.6) is 5.75 Å². The molecule has 0 aliphatic carbocycles. The Hall–Kier alpha value is -1.99. The largest absolute Gasteiger partial charge is 0.496 e. The van der Waals surface area contributed by atoms with E-state index in [2.05, 4.69) is 10.2 Å². The molecule has 2 saturated heterocycles. The van der Waals surface area contributed by atoms with Crippen LogP contribution in [-0.2, 0) is 9.53 Å². The number of rotatable bonds is 7. The summed E-state index contributed by atoms with van der Waals surface area (Å²) in [5.74, 6) is 0.0663. The van der Waals surface area contributed by atoms with Gasteiger partial charge in [-0.3, -0.25) is 14.5 Å². The zero-order valence-electron chi connectivity index (χ0n) is 17.1. The number of fused-ring (bicyclic) bond motifs is 2. The number of carbonyl (C=O) groups excluding carboxylic acids is 2. The predicted molar refractivity (Wildman–Crippen MR) is 112 cm³/mol. The number of benzene rings is 1. The number of nitrogen functional groups attached to an aromatic ring is 1. The number of hydrogen-bond acceptors (Lipinski definition) is 6. The van der Waals surface area contributed by atoms with E-state index in [1.165, 1.54) is 13.5 Å². The van der Waals surface area contributed by atoms with E-state index >= 15 is 0 Å². The van der Waals surface area contributed by atoms with Crippen LogP contribution in [0.3, 0.4) is 0 Å². The van der Waals surface area contributed by atoms with Crippen LogP contribution in [0.1, 0.15) is 55.8 Å². The van der Waals surface area contributed by atoms with Gasteiger partial charge in [-0.25, -0.2) is 0 Å². The van der Waals surface area contributed by atoms with Crippen LogP contribution < -0.4 is 15.8 Å². The van der Waals surface area contributed by atoms with Gasteiger partial charge in [-0.05, 0) is 38.7 Å². The standard InChI is InChI=1S/C21H30ClN3O4/c1-3-29-20(26)7-8-25-14-5-4-6-15(25)10-13(9-14)24-21(27)16-11-17(22)18(23)12-19(16)28-2/h11-15H,3-10,23H2,1-2H3,(H,24,27). The van der Waals surface area contributed by atoms with E-state index in [0.29, 0.717) is 47.1 Å². The molecule has 0 spiro atoms. The Bertz CT molecular complexity index is 744. The molecular weight excluding hydrogens is 394 g/mol. The van der Waals surface area contributed by atoms with Crippen molar-refractivity contribution in [3.63, 3.8) is 0 Å². The molecule has 2 heterocycles. The molecule has 2 bridgehead atoms. The molecule has 2 aliphatic rings. The lowest BCUT2D eigenvalue weighted by Gasteiger charge is -2.49. The highest BCUT2D eigenvalue weighted by atomic mass is 35.5. The number of carbonyl (C=O) groups is 2. The monoisotopic (exact) mass is 423 g/mol. The first-order chi connectivity index (χ1) is 13.9. The number of nitrogens with zero attached hydrogens (tertiary/aromatic N) is 1. The van der Waals surface area contributed by atoms with Crippen molar-refractivity contribution >= 4 is 29.2 Å². The van der Waals surface area contributed by atoms with Gasteiger partial charge in [0, 0.05) is 30.7 Å². The molecule has 29 heavy (non-hydrogen) atoms. The number of halogens is 1. The minimum Gasteiger partial charge on any atom is -0.496 e. The van der Waals surface area contributed by atoms with Crippen LogP contribution in [0.4, 0.5) is 5.69 Å². The lowest BCUT2D eigenvalue weighted by Crippen LogP contribution is -2.57. The van der Waals surface area contributed by atoms with Crippen molar-refractivity contribution in [1.29, 1.82) is 0 Å². The SMILES string of the molecule is CCOC(=O)CCN1C2CCCC1CC(NC(=O)c1cc(Cl)c(N)cc1OC)C2. The highest BCUT2D eigenvalue weighted by molar-refractivity contribution is 6.33. The molecule has 0 saturated carbocycles. The Morgan fingerprint density at radius 1 is 1.28 bits per heavy atom. The van der Waals surface area contributed by atoms with Gasteiger partial charge in [0.1, 0.15) is 5.75 Å². The lowest BCUT2D eigenvalue weighted by molar-refractivity contribution is -0.144. The number of esters is 1. The zero-order chi connectivity index (χ0) is 21.0. The Morgan fingerprint density at radius 2 is 1.97 bits per heavy atom. The normalized spacial score (nSPS) is 24.0. The quantitative estimate of drug-likeness (QED) is 0.517. The van der Waals surface area contributed by atoms with E-state index < -0.39 is 0 Å². The molecule has 2 aliphatic heterocycles. The van der Waals surface area contributed by atoms with Gasteiger partial charge in [0.15, 0.2) is 0 Å². The molecule has 1 aromatic rings. The maximum Gasteiger partial charge on any atom is 0.307 e. The Labute approximate surface area is 176 Å². The average molecular weight is 424 g/mol. The van der Waals surface area contributed by atoms with Crippen LogP contribution >= 0.6 is 11.6 Å². The fraction of sp³-hybridized carbons (Fsp3) is 0.619. The first-order valence-corrected chi connectivity index (χ1v) is 10.7. The third kappa shape index (κ3) is 5.14. The number of methoxy groups -OCH3 is 1. The molecule has 0 radical (unpaired) electrons. The summed E-state index contributed by atoms with van der Waals surface area (Å²) in [5, 5.41) is 3.49. The van der Waals surface area contributed by atoms with Gasteiger partial charge in [-0.15, -0.1) is 0 Å². The van der Waals surface area contributed by atoms with E-state index in [-0.39, 0.29) is 17.9 Å². The van der Waals surface area contributed by atoms with Crippen LogP contribution in [0.15, 0.2) is 12.1 Å². The van der Waals surface area contributed by atoms with E-state index in [1.807, 2.05) is 6.92 Å². The summed E-state index contributed by atoms with van der Waals surface area (Å²) in [6.45, 7) is 2.96. The van der Waals surface area contributed by atoms with E-state index in [9.17, 15) is 9.59 Å². The third-order valence-corrected chi connectivity index (χ3v) is 6.23. The summed E-state index contributed by atoms with van der Waals surface area (Å²) in [6.07, 6.45) is 5.52. The first kappa shape index (κ1) is 21.7. The van der Waals surface area contributed by atoms with Crippen molar-refractivity contribution in [1.82, 2.24) is 10.2 Å². The molecular formula is C21H30ClN3O4. The molecule has 8 heteroatoms. The highest BCUT2D eigenvalue weighted by Gasteiger charge is 2.38. The Kier molecular flexibility index (Phi) is 7.24. The molecule has 2 atom stereocenters. The van der Waals surface area contributed by atoms with Gasteiger partial charge in [0.2, 0.25) is 0 Å². The van der Waals surface area contributed by atoms with Crippen LogP contribution in [-0.4, -0.2) is 55.2 Å². The predicted octanol–water partition coefficient (Wildman–Crippen LogP) is 3.00. The number of nitrogens with two attached hydrogens (primary N) is 1. The number of nitrogens with one attached hydrogen (secondary N) is 1. The van der Waals surface area contributed by atoms with E-state index in [4.69, 9.17) is 26.8 Å². The smallest absolute Gasteiger partial charge is 0.307 e. The van der Waals surface area contributed by atoms with Crippen molar-refractivity contribution in [2.75, 3.05) is 26.0 Å². The van der Waals surface area contributed by atoms with Gasteiger partial charge in [0.05, 0.1) is 36.4 Å². The van der Waals surface area contributed by atoms with Crippen LogP contribution in [0, 0.1) is 0 Å². The minimum atomic E-state index is -0.202. The second-order valence-corrected chi connectivity index (χ2v) is 8.15. The van der Waals surface area contributed by atoms with Crippen molar-refractivity contribution in [3.05, 3.63) is 22.7 Å². The number of anilines is 1. The molecule has 160 valence electrons. The summed E-state index contributed by atoms with van der Waals surface area (Å²) >= 11 is 6.10. The Morgan fingerprint density at radius 3 is 2.59 bits per heavy atom. The van der Waals surface area contributed by atoms with Gasteiger partial charge in [0.25, 0.3) is 5.91 Å². The number of piperidine rings is 2. The summed E-state index contributed by atoms with van der Waals surface area (Å²) in [7, 11) is 1.51. The maximum absolute atomic E-state index is 12.9. The topological polar surface area (TPSA) is 93.9 Å². The van der Waals surface area contributed by atoms with Crippen molar-refractivity contribution in [3.8, 4) is 5.75 Å². The second-order valence-electron chi connectivity index (χ2n) is 7.75. The van der Waals surface area contributed by atoms with E-state index in [1.54, 1.807) is 12.1 Å². The molecule has 2 fully saturated rings. The average Bonchev–Trinajstić information content (AvgIpc) is 2.68. The molecule has 3 rings (SSSR count). The molecule has 0 aromatic heterocycles. The van der Waals surface area contributed by atoms with E-state index in [0.717, 1.165) is 32.2 Å². The summed E-state index contributed by atoms with van der Waals surface area (Å²) in [4.78, 5) is 27.1. The fourth-order valence-electron chi connectivity index (χ4n) is 4.59. The highest BCUT2D eigenvalue weighted by Crippen LogP contribution is 2.35. The van der Waals surface area contributed by atoms with Gasteiger partial charge in [-0.2, -0.15) is 0 Å². The summed E-state index contributed by atoms with van der Waals surface area (Å²) in [6, 6.07) is 3.96. The first-order valence-electron chi connectivity index (χ1n) is 10.3. The van der Waals surface area contributed by atoms with Gasteiger partial charge < -0.3 is 20.5 Å². The number of hydrogen-bond donors (Lipinski definition) is 2. The maximum atomic E-state index is 12.9. The molecule has 2 unspecified atom stereocenters. The van der Waals surface area contributed by atoms with Crippen molar-refractivity contribution < 1.29 is 19.1 Å². The molecule has 3 N–H and O–H groups in total. The molecule has 1 aromatic carbocycles. The number of ether oxygens (including phenoxy) is 2. The second kappa shape index (κ2) is 9.67. The Balaban J connectivity index is 1.63. The van der Waals surface area contributed by atoms with Gasteiger partial charge >= 0.3 is 5.97 Å². The lowest BCUT2D eigenvalue weighted by atomic mass is 9.81. The van der Waals surface area contributed by atoms with Crippen LogP contribution in [0.25, 0.3) is 0 Å². The molecule has 7 nitrogen and oxygen atoms in total. The summed E-state index contributed by atoms with van der Waals surface area (Å²) < 4.78 is 10.4.